The number of amides is 1. The first-order valence-corrected chi connectivity index (χ1v) is 10.9. The zero-order valence-electron chi connectivity index (χ0n) is 18.3. The zero-order valence-corrected chi connectivity index (χ0v) is 18.3. The molecule has 2 aliphatic heterocycles. The Balaban J connectivity index is 1.31. The maximum atomic E-state index is 13.2. The van der Waals surface area contributed by atoms with Gasteiger partial charge in [0, 0.05) is 44.9 Å². The molecule has 7 nitrogen and oxygen atoms in total. The van der Waals surface area contributed by atoms with E-state index in [2.05, 4.69) is 29.4 Å². The van der Waals surface area contributed by atoms with Gasteiger partial charge in [-0.25, -0.2) is 0 Å². The van der Waals surface area contributed by atoms with E-state index in [-0.39, 0.29) is 5.91 Å². The van der Waals surface area contributed by atoms with Crippen LogP contribution in [0.3, 0.4) is 0 Å². The second-order valence-electron chi connectivity index (χ2n) is 8.54. The molecule has 1 amide bonds. The van der Waals surface area contributed by atoms with E-state index in [1.165, 1.54) is 0 Å². The zero-order chi connectivity index (χ0) is 22.2. The van der Waals surface area contributed by atoms with Crippen LogP contribution in [0.15, 0.2) is 48.7 Å². The van der Waals surface area contributed by atoms with Crippen molar-refractivity contribution in [2.24, 2.45) is 7.05 Å². The Morgan fingerprint density at radius 3 is 2.75 bits per heavy atom. The van der Waals surface area contributed by atoms with Crippen LogP contribution in [-0.2, 0) is 24.9 Å². The molecule has 2 atom stereocenters. The molecule has 1 N–H and O–H groups in total. The van der Waals surface area contributed by atoms with E-state index < -0.39 is 12.2 Å². The van der Waals surface area contributed by atoms with Crippen molar-refractivity contribution in [3.05, 3.63) is 71.0 Å². The molecule has 0 bridgehead atoms. The minimum absolute atomic E-state index is 0.0472. The number of aromatic nitrogens is 2. The molecule has 5 rings (SSSR count). The molecule has 0 radical (unpaired) electrons. The Labute approximate surface area is 187 Å². The molecule has 2 aromatic carbocycles. The number of aliphatic hydroxyl groups is 1. The molecule has 1 fully saturated rings. The molecule has 166 valence electrons. The van der Waals surface area contributed by atoms with Crippen molar-refractivity contribution in [3.63, 3.8) is 0 Å². The van der Waals surface area contributed by atoms with Crippen LogP contribution in [0.2, 0.25) is 0 Å². The summed E-state index contributed by atoms with van der Waals surface area (Å²) in [5, 5.41) is 14.6. The number of carbonyl (C=O) groups excluding carboxylic acids is 1. The lowest BCUT2D eigenvalue weighted by Crippen LogP contribution is -2.41. The number of hydrogen-bond donors (Lipinski definition) is 1. The third-order valence-electron chi connectivity index (χ3n) is 6.17. The molecule has 1 saturated heterocycles. The number of aliphatic hydroxyl groups excluding tert-OH is 1. The predicted molar refractivity (Wildman–Crippen MR) is 119 cm³/mol. The lowest BCUT2D eigenvalue weighted by Gasteiger charge is -2.28. The monoisotopic (exact) mass is 433 g/mol. The average Bonchev–Trinajstić information content (AvgIpc) is 3.29. The third kappa shape index (κ3) is 3.89. The van der Waals surface area contributed by atoms with Gasteiger partial charge in [0.2, 0.25) is 0 Å². The average molecular weight is 434 g/mol. The maximum Gasteiger partial charge on any atom is 0.258 e. The Hall–Kier alpha value is -3.16. The van der Waals surface area contributed by atoms with Crippen LogP contribution in [0.25, 0.3) is 11.1 Å². The number of carbonyl (C=O) groups is 1. The summed E-state index contributed by atoms with van der Waals surface area (Å²) in [5.41, 5.74) is 5.81. The van der Waals surface area contributed by atoms with E-state index in [0.717, 1.165) is 27.9 Å². The number of nitrogens with zero attached hydrogens (tertiary/aromatic N) is 3. The number of aryl methyl sites for hydroxylation is 2. The highest BCUT2D eigenvalue weighted by molar-refractivity contribution is 6.01. The van der Waals surface area contributed by atoms with Crippen LogP contribution >= 0.6 is 0 Å². The minimum atomic E-state index is -0.589. The largest absolute Gasteiger partial charge is 0.484 e. The van der Waals surface area contributed by atoms with E-state index in [1.807, 2.05) is 41.9 Å². The SMILES string of the molecule is Cc1nn(C)cc1-c1ccc(CN2Cc3cccc(O[C@@H]4COCC[C@H]4O)c3C2=O)cc1. The Kier molecular flexibility index (Phi) is 5.45. The van der Waals surface area contributed by atoms with Gasteiger partial charge in [-0.2, -0.15) is 5.10 Å². The van der Waals surface area contributed by atoms with Crippen molar-refractivity contribution in [1.29, 1.82) is 0 Å². The summed E-state index contributed by atoms with van der Waals surface area (Å²) in [6.45, 7) is 3.92. The minimum Gasteiger partial charge on any atom is -0.484 e. The van der Waals surface area contributed by atoms with Crippen molar-refractivity contribution in [1.82, 2.24) is 14.7 Å². The summed E-state index contributed by atoms with van der Waals surface area (Å²) >= 11 is 0. The molecule has 2 aliphatic rings. The van der Waals surface area contributed by atoms with Crippen LogP contribution in [0.4, 0.5) is 0 Å². The first kappa shape index (κ1) is 20.7. The van der Waals surface area contributed by atoms with E-state index in [1.54, 1.807) is 6.07 Å². The van der Waals surface area contributed by atoms with E-state index in [4.69, 9.17) is 9.47 Å². The van der Waals surface area contributed by atoms with Gasteiger partial charge < -0.3 is 19.5 Å². The van der Waals surface area contributed by atoms with Gasteiger partial charge in [-0.05, 0) is 29.7 Å². The first-order valence-electron chi connectivity index (χ1n) is 10.9. The van der Waals surface area contributed by atoms with Gasteiger partial charge in [0.1, 0.15) is 11.9 Å². The van der Waals surface area contributed by atoms with E-state index in [9.17, 15) is 9.90 Å². The fourth-order valence-corrected chi connectivity index (χ4v) is 4.48. The molecule has 3 aromatic rings. The van der Waals surface area contributed by atoms with Crippen LogP contribution < -0.4 is 4.74 Å². The van der Waals surface area contributed by atoms with Crippen molar-refractivity contribution < 1.29 is 19.4 Å². The third-order valence-corrected chi connectivity index (χ3v) is 6.17. The number of rotatable bonds is 5. The van der Waals surface area contributed by atoms with Gasteiger partial charge in [-0.1, -0.05) is 36.4 Å². The van der Waals surface area contributed by atoms with Gasteiger partial charge >= 0.3 is 0 Å². The second kappa shape index (κ2) is 8.41. The number of fused-ring (bicyclic) bond motifs is 1. The Morgan fingerprint density at radius 1 is 1.22 bits per heavy atom. The van der Waals surface area contributed by atoms with Crippen molar-refractivity contribution >= 4 is 5.91 Å². The van der Waals surface area contributed by atoms with E-state index in [0.29, 0.717) is 44.0 Å². The van der Waals surface area contributed by atoms with Gasteiger partial charge in [-0.3, -0.25) is 9.48 Å². The van der Waals surface area contributed by atoms with Crippen molar-refractivity contribution in [2.75, 3.05) is 13.2 Å². The van der Waals surface area contributed by atoms with Gasteiger partial charge in [-0.15, -0.1) is 0 Å². The number of ether oxygens (including phenoxy) is 2. The molecule has 0 saturated carbocycles. The summed E-state index contributed by atoms with van der Waals surface area (Å²) in [7, 11) is 1.92. The Morgan fingerprint density at radius 2 is 2.03 bits per heavy atom. The number of hydrogen-bond acceptors (Lipinski definition) is 5. The summed E-state index contributed by atoms with van der Waals surface area (Å²) in [6, 6.07) is 13.9. The highest BCUT2D eigenvalue weighted by Gasteiger charge is 2.33. The molecule has 0 spiro atoms. The second-order valence-corrected chi connectivity index (χ2v) is 8.54. The van der Waals surface area contributed by atoms with Gasteiger partial charge in [0.05, 0.1) is 24.0 Å². The fraction of sp³-hybridized carbons (Fsp3) is 0.360. The van der Waals surface area contributed by atoms with Crippen LogP contribution in [-0.4, -0.2) is 51.1 Å². The molecular formula is C25H27N3O4. The molecule has 7 heteroatoms. The maximum absolute atomic E-state index is 13.2. The molecule has 1 aromatic heterocycles. The van der Waals surface area contributed by atoms with Crippen LogP contribution in [0.5, 0.6) is 5.75 Å². The fourth-order valence-electron chi connectivity index (χ4n) is 4.48. The van der Waals surface area contributed by atoms with E-state index >= 15 is 0 Å². The first-order chi connectivity index (χ1) is 15.5. The smallest absolute Gasteiger partial charge is 0.258 e. The summed E-state index contributed by atoms with van der Waals surface area (Å²) < 4.78 is 13.3. The highest BCUT2D eigenvalue weighted by Crippen LogP contribution is 2.33. The number of benzene rings is 2. The lowest BCUT2D eigenvalue weighted by atomic mass is 10.0. The standard InChI is InChI=1S/C25H27N3O4/c1-16-20(14-27(2)26-16)18-8-6-17(7-9-18)12-28-13-19-4-3-5-22(24(19)25(28)30)32-23-15-31-11-10-21(23)29/h3-9,14,21,23,29H,10-13,15H2,1-2H3/t21-,23-/m1/s1. The molecular weight excluding hydrogens is 406 g/mol. The van der Waals surface area contributed by atoms with Gasteiger partial charge in [0.15, 0.2) is 0 Å². The van der Waals surface area contributed by atoms with Crippen LogP contribution in [0, 0.1) is 6.92 Å². The highest BCUT2D eigenvalue weighted by atomic mass is 16.5. The van der Waals surface area contributed by atoms with Crippen LogP contribution in [0.1, 0.15) is 33.6 Å². The predicted octanol–water partition coefficient (Wildman–Crippen LogP) is 3.08. The molecule has 0 aliphatic carbocycles. The lowest BCUT2D eigenvalue weighted by molar-refractivity contribution is -0.0736. The molecule has 0 unspecified atom stereocenters. The summed E-state index contributed by atoms with van der Waals surface area (Å²) in [6.07, 6.45) is 1.50. The normalized spacial score (nSPS) is 20.5. The quantitative estimate of drug-likeness (QED) is 0.669. The van der Waals surface area contributed by atoms with Crippen molar-refractivity contribution in [2.45, 2.75) is 38.6 Å². The topological polar surface area (TPSA) is 76.8 Å². The summed E-state index contributed by atoms with van der Waals surface area (Å²) in [4.78, 5) is 15.1. The Bertz CT molecular complexity index is 1140. The molecule has 3 heterocycles. The summed E-state index contributed by atoms with van der Waals surface area (Å²) in [5.74, 6) is 0.473. The molecule has 32 heavy (non-hydrogen) atoms. The van der Waals surface area contributed by atoms with Crippen molar-refractivity contribution in [3.8, 4) is 16.9 Å². The van der Waals surface area contributed by atoms with Gasteiger partial charge in [0.25, 0.3) is 5.91 Å².